The number of allylic oxidation sites excluding steroid dienone is 2. The predicted molar refractivity (Wildman–Crippen MR) is 113 cm³/mol. The van der Waals surface area contributed by atoms with Crippen molar-refractivity contribution in [3.63, 3.8) is 0 Å². The number of carboxylic acids is 1. The number of hydrogen-bond donors (Lipinski definition) is 3. The number of carbonyl (C=O) groups excluding carboxylic acids is 1. The maximum atomic E-state index is 12.3. The predicted octanol–water partition coefficient (Wildman–Crippen LogP) is 4.42. The molecule has 2 saturated carbocycles. The molecule has 5 heteroatoms. The third kappa shape index (κ3) is 6.78. The fourth-order valence-electron chi connectivity index (χ4n) is 5.20. The Morgan fingerprint density at radius 3 is 2.62 bits per heavy atom. The lowest BCUT2D eigenvalue weighted by molar-refractivity contribution is -0.137. The van der Waals surface area contributed by atoms with E-state index in [4.69, 9.17) is 5.11 Å². The zero-order valence-electron chi connectivity index (χ0n) is 17.8. The molecule has 4 atom stereocenters. The summed E-state index contributed by atoms with van der Waals surface area (Å²) in [7, 11) is 0. The fraction of sp³-hybridized carbons (Fsp3) is 0.750. The van der Waals surface area contributed by atoms with Gasteiger partial charge in [-0.05, 0) is 50.4 Å². The Morgan fingerprint density at radius 1 is 1.24 bits per heavy atom. The third-order valence-corrected chi connectivity index (χ3v) is 6.82. The van der Waals surface area contributed by atoms with Crippen molar-refractivity contribution < 1.29 is 24.9 Å². The summed E-state index contributed by atoms with van der Waals surface area (Å²) in [4.78, 5) is 22.8. The normalized spacial score (nSPS) is 28.0. The van der Waals surface area contributed by atoms with Crippen LogP contribution in [0.3, 0.4) is 0 Å². The molecule has 2 aliphatic carbocycles. The van der Waals surface area contributed by atoms with E-state index in [-0.39, 0.29) is 42.0 Å². The van der Waals surface area contributed by atoms with Crippen LogP contribution in [-0.4, -0.2) is 39.3 Å². The first-order valence-corrected chi connectivity index (χ1v) is 11.3. The molecule has 0 saturated heterocycles. The third-order valence-electron chi connectivity index (χ3n) is 6.82. The Balaban J connectivity index is 1.88. The van der Waals surface area contributed by atoms with Gasteiger partial charge in [0.15, 0.2) is 0 Å². The van der Waals surface area contributed by atoms with Gasteiger partial charge < -0.3 is 15.3 Å². The molecule has 2 fully saturated rings. The first-order chi connectivity index (χ1) is 13.9. The van der Waals surface area contributed by atoms with Crippen LogP contribution >= 0.6 is 0 Å². The average Bonchev–Trinajstić information content (AvgIpc) is 3.24. The van der Waals surface area contributed by atoms with Gasteiger partial charge in [-0.3, -0.25) is 9.59 Å². The fourth-order valence-corrected chi connectivity index (χ4v) is 5.20. The van der Waals surface area contributed by atoms with E-state index in [2.05, 4.69) is 6.92 Å². The lowest BCUT2D eigenvalue weighted by Crippen LogP contribution is -2.32. The van der Waals surface area contributed by atoms with Crippen LogP contribution in [0.25, 0.3) is 0 Å². The van der Waals surface area contributed by atoms with Gasteiger partial charge in [-0.2, -0.15) is 0 Å². The highest BCUT2D eigenvalue weighted by atomic mass is 16.4. The Hall–Kier alpha value is -1.46. The summed E-state index contributed by atoms with van der Waals surface area (Å²) in [6.07, 6.45) is 16.2. The molecule has 0 aromatic carbocycles. The number of rotatable bonds is 12. The molecule has 3 N–H and O–H groups in total. The number of hydrogen-bond acceptors (Lipinski definition) is 4. The van der Waals surface area contributed by atoms with E-state index in [1.54, 1.807) is 0 Å². The molecule has 0 bridgehead atoms. The maximum Gasteiger partial charge on any atom is 0.303 e. The van der Waals surface area contributed by atoms with Crippen LogP contribution in [-0.2, 0) is 9.59 Å². The zero-order valence-corrected chi connectivity index (χ0v) is 17.8. The van der Waals surface area contributed by atoms with Crippen molar-refractivity contribution in [2.45, 2.75) is 96.2 Å². The van der Waals surface area contributed by atoms with Crippen molar-refractivity contribution in [1.82, 2.24) is 0 Å². The SMILES string of the molecule is CCCC1(C(O)C/C=C/[C@H]2[C@H](O)CC(=O)[C@@H]2C/C=C\CCCC(=O)O)CCCC1. The lowest BCUT2D eigenvalue weighted by Gasteiger charge is -2.33. The van der Waals surface area contributed by atoms with Gasteiger partial charge in [0.05, 0.1) is 12.2 Å². The van der Waals surface area contributed by atoms with Gasteiger partial charge in [0.25, 0.3) is 0 Å². The molecule has 29 heavy (non-hydrogen) atoms. The van der Waals surface area contributed by atoms with E-state index in [1.807, 2.05) is 24.3 Å². The number of unbranched alkanes of at least 4 members (excludes halogenated alkanes) is 1. The molecule has 2 aliphatic rings. The lowest BCUT2D eigenvalue weighted by atomic mass is 9.75. The number of ketones is 1. The highest BCUT2D eigenvalue weighted by molar-refractivity contribution is 5.84. The number of aliphatic hydroxyl groups is 2. The van der Waals surface area contributed by atoms with Gasteiger partial charge in [-0.25, -0.2) is 0 Å². The summed E-state index contributed by atoms with van der Waals surface area (Å²) < 4.78 is 0. The molecule has 0 radical (unpaired) electrons. The second-order valence-corrected chi connectivity index (χ2v) is 8.91. The van der Waals surface area contributed by atoms with Gasteiger partial charge in [0.1, 0.15) is 5.78 Å². The van der Waals surface area contributed by atoms with Crippen molar-refractivity contribution in [2.24, 2.45) is 17.3 Å². The number of aliphatic carboxylic acids is 1. The number of Topliss-reactive ketones (excluding diaryl/α,β-unsaturated/α-hetero) is 1. The highest BCUT2D eigenvalue weighted by Crippen LogP contribution is 2.46. The largest absolute Gasteiger partial charge is 0.481 e. The van der Waals surface area contributed by atoms with Gasteiger partial charge in [-0.1, -0.05) is 50.5 Å². The molecular formula is C24H38O5. The first kappa shape index (κ1) is 23.8. The Morgan fingerprint density at radius 2 is 1.97 bits per heavy atom. The van der Waals surface area contributed by atoms with Crippen LogP contribution in [0.15, 0.2) is 24.3 Å². The molecule has 2 rings (SSSR count). The average molecular weight is 407 g/mol. The van der Waals surface area contributed by atoms with E-state index in [0.29, 0.717) is 25.7 Å². The number of carboxylic acid groups (broad SMARTS) is 1. The van der Waals surface area contributed by atoms with Crippen molar-refractivity contribution in [1.29, 1.82) is 0 Å². The molecular weight excluding hydrogens is 368 g/mol. The van der Waals surface area contributed by atoms with Gasteiger partial charge in [-0.15, -0.1) is 0 Å². The summed E-state index contributed by atoms with van der Waals surface area (Å²) in [6, 6.07) is 0. The highest BCUT2D eigenvalue weighted by Gasteiger charge is 2.40. The molecule has 1 unspecified atom stereocenters. The molecule has 0 amide bonds. The molecule has 0 spiro atoms. The van der Waals surface area contributed by atoms with E-state index in [0.717, 1.165) is 25.7 Å². The molecule has 164 valence electrons. The topological polar surface area (TPSA) is 94.8 Å². The van der Waals surface area contributed by atoms with Crippen molar-refractivity contribution in [3.8, 4) is 0 Å². The van der Waals surface area contributed by atoms with Crippen LogP contribution in [0.5, 0.6) is 0 Å². The quantitative estimate of drug-likeness (QED) is 0.329. The Bertz CT molecular complexity index is 588. The van der Waals surface area contributed by atoms with E-state index >= 15 is 0 Å². The van der Waals surface area contributed by atoms with Gasteiger partial charge >= 0.3 is 5.97 Å². The van der Waals surface area contributed by atoms with Crippen LogP contribution in [0.2, 0.25) is 0 Å². The summed E-state index contributed by atoms with van der Waals surface area (Å²) in [5.41, 5.74) is 0.0429. The monoisotopic (exact) mass is 406 g/mol. The standard InChI is InChI=1S/C24H38O5/c1-2-14-24(15-7-8-16-24)22(27)12-9-11-19-18(20(25)17-21(19)26)10-5-3-4-6-13-23(28)29/h3,5,9,11,18-19,21-22,26-27H,2,4,6-8,10,12-17H2,1H3,(H,28,29)/b5-3-,11-9+/t18-,19-,21-,22?/m1/s1. The van der Waals surface area contributed by atoms with Crippen molar-refractivity contribution in [3.05, 3.63) is 24.3 Å². The van der Waals surface area contributed by atoms with Crippen LogP contribution in [0.1, 0.15) is 84.0 Å². The zero-order chi connectivity index (χ0) is 21.3. The molecule has 0 aromatic rings. The van der Waals surface area contributed by atoms with Crippen molar-refractivity contribution >= 4 is 11.8 Å². The number of aliphatic hydroxyl groups excluding tert-OH is 2. The second-order valence-electron chi connectivity index (χ2n) is 8.91. The molecule has 0 heterocycles. The summed E-state index contributed by atoms with van der Waals surface area (Å²) in [6.45, 7) is 2.17. The van der Waals surface area contributed by atoms with Crippen molar-refractivity contribution in [2.75, 3.05) is 0 Å². The van der Waals surface area contributed by atoms with Crippen LogP contribution in [0.4, 0.5) is 0 Å². The van der Waals surface area contributed by atoms with Crippen LogP contribution in [0, 0.1) is 17.3 Å². The minimum absolute atomic E-state index is 0.0429. The van der Waals surface area contributed by atoms with E-state index in [9.17, 15) is 19.8 Å². The van der Waals surface area contributed by atoms with E-state index < -0.39 is 12.1 Å². The summed E-state index contributed by atoms with van der Waals surface area (Å²) >= 11 is 0. The van der Waals surface area contributed by atoms with E-state index in [1.165, 1.54) is 12.8 Å². The summed E-state index contributed by atoms with van der Waals surface area (Å²) in [5.74, 6) is -1.14. The minimum Gasteiger partial charge on any atom is -0.481 e. The smallest absolute Gasteiger partial charge is 0.303 e. The van der Waals surface area contributed by atoms with Crippen LogP contribution < -0.4 is 0 Å². The summed E-state index contributed by atoms with van der Waals surface area (Å²) in [5, 5.41) is 29.8. The maximum absolute atomic E-state index is 12.3. The number of carbonyl (C=O) groups is 2. The molecule has 5 nitrogen and oxygen atoms in total. The first-order valence-electron chi connectivity index (χ1n) is 11.3. The molecule has 0 aromatic heterocycles. The minimum atomic E-state index is -0.793. The van der Waals surface area contributed by atoms with Gasteiger partial charge in [0, 0.05) is 24.7 Å². The van der Waals surface area contributed by atoms with Gasteiger partial charge in [0.2, 0.25) is 0 Å². The Labute approximate surface area is 174 Å². The second kappa shape index (κ2) is 11.7. The molecule has 0 aliphatic heterocycles. The Kier molecular flexibility index (Phi) is 9.57.